The van der Waals surface area contributed by atoms with E-state index in [1.807, 2.05) is 31.2 Å². The van der Waals surface area contributed by atoms with Gasteiger partial charge in [0.15, 0.2) is 5.17 Å². The highest BCUT2D eigenvalue weighted by atomic mass is 32.2. The molecule has 2 heterocycles. The Morgan fingerprint density at radius 1 is 1.15 bits per heavy atom. The van der Waals surface area contributed by atoms with E-state index in [4.69, 9.17) is 4.42 Å². The summed E-state index contributed by atoms with van der Waals surface area (Å²) in [6.07, 6.45) is 3.12. The van der Waals surface area contributed by atoms with Crippen LogP contribution in [0.3, 0.4) is 0 Å². The van der Waals surface area contributed by atoms with Crippen LogP contribution in [0.15, 0.2) is 75.5 Å². The molecular weight excluding hydrogens is 346 g/mol. The molecule has 6 heteroatoms. The molecule has 0 radical (unpaired) electrons. The quantitative estimate of drug-likeness (QED) is 0.513. The fraction of sp³-hybridized carbons (Fsp3) is 0.150. The number of furan rings is 1. The number of carbonyl (C=O) groups is 1. The summed E-state index contributed by atoms with van der Waals surface area (Å²) in [6.45, 7) is 2.37. The third-order valence-corrected chi connectivity index (χ3v) is 5.27. The highest BCUT2D eigenvalue weighted by molar-refractivity contribution is 8.15. The van der Waals surface area contributed by atoms with Gasteiger partial charge in [0.2, 0.25) is 5.91 Å². The minimum atomic E-state index is -0.164. The fourth-order valence-electron chi connectivity index (χ4n) is 2.91. The van der Waals surface area contributed by atoms with E-state index in [1.165, 1.54) is 18.0 Å². The number of fused-ring (bicyclic) bond motifs is 1. The molecular formula is C20H17N3O2S. The first-order valence-electron chi connectivity index (χ1n) is 8.31. The summed E-state index contributed by atoms with van der Waals surface area (Å²) in [6, 6.07) is 17.9. The van der Waals surface area contributed by atoms with E-state index in [0.717, 1.165) is 16.3 Å². The largest absolute Gasteiger partial charge is 0.463 e. The smallest absolute Gasteiger partial charge is 0.242 e. The molecule has 0 saturated carbocycles. The number of amides is 1. The summed E-state index contributed by atoms with van der Waals surface area (Å²) >= 11 is 1.43. The Bertz CT molecular complexity index is 990. The van der Waals surface area contributed by atoms with Gasteiger partial charge in [0.05, 0.1) is 24.3 Å². The lowest BCUT2D eigenvalue weighted by atomic mass is 10.0. The maximum Gasteiger partial charge on any atom is 0.242 e. The summed E-state index contributed by atoms with van der Waals surface area (Å²) in [4.78, 5) is 14.3. The molecule has 1 fully saturated rings. The van der Waals surface area contributed by atoms with Gasteiger partial charge in [-0.3, -0.25) is 9.69 Å². The van der Waals surface area contributed by atoms with Crippen LogP contribution < -0.4 is 0 Å². The molecule has 1 saturated heterocycles. The van der Waals surface area contributed by atoms with E-state index >= 15 is 0 Å². The number of thioether (sulfide) groups is 1. The Morgan fingerprint density at radius 3 is 2.85 bits per heavy atom. The summed E-state index contributed by atoms with van der Waals surface area (Å²) in [5.74, 6) is 0.673. The molecule has 1 aliphatic heterocycles. The van der Waals surface area contributed by atoms with Gasteiger partial charge in [-0.2, -0.15) is 5.10 Å². The van der Waals surface area contributed by atoms with Crippen LogP contribution in [-0.2, 0) is 11.3 Å². The van der Waals surface area contributed by atoms with Crippen LogP contribution in [0.25, 0.3) is 10.8 Å². The van der Waals surface area contributed by atoms with E-state index in [0.29, 0.717) is 17.5 Å². The van der Waals surface area contributed by atoms with Crippen LogP contribution in [0.5, 0.6) is 0 Å². The normalized spacial score (nSPS) is 19.3. The number of nitrogens with zero attached hydrogens (tertiary/aromatic N) is 3. The highest BCUT2D eigenvalue weighted by Gasteiger charge is 2.35. The van der Waals surface area contributed by atoms with E-state index in [2.05, 4.69) is 28.4 Å². The topological polar surface area (TPSA) is 58.2 Å². The minimum absolute atomic E-state index is 0.0508. The number of hydrogen-bond acceptors (Lipinski definition) is 5. The van der Waals surface area contributed by atoms with Crippen molar-refractivity contribution in [2.75, 3.05) is 0 Å². The average molecular weight is 363 g/mol. The number of amidine groups is 1. The van der Waals surface area contributed by atoms with Crippen molar-refractivity contribution >= 4 is 39.8 Å². The van der Waals surface area contributed by atoms with Gasteiger partial charge in [-0.1, -0.05) is 54.2 Å². The molecule has 1 atom stereocenters. The lowest BCUT2D eigenvalue weighted by molar-refractivity contribution is -0.126. The van der Waals surface area contributed by atoms with Crippen LogP contribution in [0.2, 0.25) is 0 Å². The van der Waals surface area contributed by atoms with Gasteiger partial charge in [-0.05, 0) is 35.4 Å². The molecule has 0 aliphatic carbocycles. The van der Waals surface area contributed by atoms with Crippen molar-refractivity contribution in [3.63, 3.8) is 0 Å². The molecule has 1 aliphatic rings. The molecule has 2 aromatic carbocycles. The third kappa shape index (κ3) is 3.28. The van der Waals surface area contributed by atoms with E-state index in [1.54, 1.807) is 23.3 Å². The molecule has 130 valence electrons. The zero-order valence-corrected chi connectivity index (χ0v) is 15.0. The summed E-state index contributed by atoms with van der Waals surface area (Å²) < 4.78 is 5.21. The molecule has 0 N–H and O–H groups in total. The molecule has 1 amide bonds. The zero-order chi connectivity index (χ0) is 17.9. The van der Waals surface area contributed by atoms with Crippen LogP contribution in [0.4, 0.5) is 0 Å². The summed E-state index contributed by atoms with van der Waals surface area (Å²) in [7, 11) is 0. The van der Waals surface area contributed by atoms with Gasteiger partial charge in [0, 0.05) is 0 Å². The Labute approximate surface area is 155 Å². The van der Waals surface area contributed by atoms with Gasteiger partial charge in [0.25, 0.3) is 0 Å². The number of rotatable bonds is 4. The fourth-order valence-corrected chi connectivity index (χ4v) is 3.83. The third-order valence-electron chi connectivity index (χ3n) is 4.21. The van der Waals surface area contributed by atoms with Crippen molar-refractivity contribution in [2.24, 2.45) is 10.2 Å². The van der Waals surface area contributed by atoms with E-state index < -0.39 is 0 Å². The van der Waals surface area contributed by atoms with Gasteiger partial charge in [-0.15, -0.1) is 5.10 Å². The molecule has 5 nitrogen and oxygen atoms in total. The second-order valence-corrected chi connectivity index (χ2v) is 7.27. The highest BCUT2D eigenvalue weighted by Crippen LogP contribution is 2.30. The Balaban J connectivity index is 1.63. The average Bonchev–Trinajstić information content (AvgIpc) is 3.26. The Hall–Kier alpha value is -2.86. The first-order valence-corrected chi connectivity index (χ1v) is 9.19. The van der Waals surface area contributed by atoms with Crippen molar-refractivity contribution in [1.29, 1.82) is 0 Å². The van der Waals surface area contributed by atoms with Crippen molar-refractivity contribution in [1.82, 2.24) is 4.90 Å². The second-order valence-electron chi connectivity index (χ2n) is 5.97. The van der Waals surface area contributed by atoms with Crippen LogP contribution in [0.1, 0.15) is 18.2 Å². The van der Waals surface area contributed by atoms with Crippen molar-refractivity contribution in [3.05, 3.63) is 72.2 Å². The molecule has 3 aromatic rings. The Morgan fingerprint density at radius 2 is 2.00 bits per heavy atom. The molecule has 26 heavy (non-hydrogen) atoms. The predicted molar refractivity (Wildman–Crippen MR) is 105 cm³/mol. The maximum atomic E-state index is 12.6. The number of benzene rings is 2. The van der Waals surface area contributed by atoms with Crippen LogP contribution in [0, 0.1) is 0 Å². The van der Waals surface area contributed by atoms with E-state index in [-0.39, 0.29) is 11.2 Å². The van der Waals surface area contributed by atoms with Crippen LogP contribution >= 0.6 is 11.8 Å². The van der Waals surface area contributed by atoms with Crippen molar-refractivity contribution in [3.8, 4) is 0 Å². The molecule has 1 aromatic heterocycles. The van der Waals surface area contributed by atoms with Gasteiger partial charge >= 0.3 is 0 Å². The first kappa shape index (κ1) is 16.6. The lowest BCUT2D eigenvalue weighted by Gasteiger charge is -2.17. The molecule has 0 spiro atoms. The Kier molecular flexibility index (Phi) is 4.58. The zero-order valence-electron chi connectivity index (χ0n) is 14.2. The molecule has 1 unspecified atom stereocenters. The second kappa shape index (κ2) is 7.17. The van der Waals surface area contributed by atoms with Gasteiger partial charge < -0.3 is 4.42 Å². The van der Waals surface area contributed by atoms with Crippen LogP contribution in [-0.4, -0.2) is 27.4 Å². The summed E-state index contributed by atoms with van der Waals surface area (Å²) in [5.41, 5.74) is 1.09. The van der Waals surface area contributed by atoms with Crippen molar-refractivity contribution < 1.29 is 9.21 Å². The van der Waals surface area contributed by atoms with E-state index in [9.17, 15) is 4.79 Å². The minimum Gasteiger partial charge on any atom is -0.463 e. The monoisotopic (exact) mass is 363 g/mol. The van der Waals surface area contributed by atoms with Gasteiger partial charge in [0.1, 0.15) is 5.76 Å². The van der Waals surface area contributed by atoms with Crippen molar-refractivity contribution in [2.45, 2.75) is 18.7 Å². The number of hydrogen-bond donors (Lipinski definition) is 0. The SMILES string of the molecule is CC1S/C(=N/N=C/c2ccco2)N(Cc2cccc3ccccc23)C1=O. The number of carbonyl (C=O) groups excluding carboxylic acids is 1. The molecule has 4 rings (SSSR count). The van der Waals surface area contributed by atoms with Gasteiger partial charge in [-0.25, -0.2) is 0 Å². The molecule has 0 bridgehead atoms. The summed E-state index contributed by atoms with van der Waals surface area (Å²) in [5, 5.41) is 11.1. The lowest BCUT2D eigenvalue weighted by Crippen LogP contribution is -2.30. The maximum absolute atomic E-state index is 12.6. The standard InChI is InChI=1S/C20H17N3O2S/c1-14-19(24)23(20(26-14)22-21-12-17-9-5-11-25-17)13-16-8-4-7-15-6-2-3-10-18(15)16/h2-12,14H,13H2,1H3/b21-12+,22-20+. The predicted octanol–water partition coefficient (Wildman–Crippen LogP) is 4.29. The first-order chi connectivity index (χ1) is 12.7.